The summed E-state index contributed by atoms with van der Waals surface area (Å²) in [5.41, 5.74) is -1.33. The molecular weight excluding hydrogens is 414 g/mol. The number of nitrogens with zero attached hydrogens (tertiary/aromatic N) is 4. The lowest BCUT2D eigenvalue weighted by molar-refractivity contribution is 0.287. The second kappa shape index (κ2) is 7.66. The van der Waals surface area contributed by atoms with Crippen LogP contribution >= 0.6 is 11.6 Å². The van der Waals surface area contributed by atoms with Crippen LogP contribution in [0.15, 0.2) is 6.33 Å². The van der Waals surface area contributed by atoms with Crippen molar-refractivity contribution in [2.75, 3.05) is 11.9 Å². The van der Waals surface area contributed by atoms with Crippen molar-refractivity contribution >= 4 is 23.2 Å². The van der Waals surface area contributed by atoms with E-state index >= 15 is 0 Å². The van der Waals surface area contributed by atoms with Crippen molar-refractivity contribution in [3.05, 3.63) is 34.7 Å². The number of halogens is 5. The van der Waals surface area contributed by atoms with Crippen LogP contribution in [-0.4, -0.2) is 32.2 Å². The van der Waals surface area contributed by atoms with Gasteiger partial charge in [0.15, 0.2) is 17.4 Å². The van der Waals surface area contributed by atoms with Crippen molar-refractivity contribution in [3.8, 4) is 16.9 Å². The predicted octanol–water partition coefficient (Wildman–Crippen LogP) is 4.75. The van der Waals surface area contributed by atoms with Gasteiger partial charge in [0.25, 0.3) is 5.78 Å². The average molecular weight is 430 g/mol. The minimum Gasteiger partial charge on any atom is -0.488 e. The Balaban J connectivity index is 2.00. The molecule has 1 fully saturated rings. The summed E-state index contributed by atoms with van der Waals surface area (Å²) in [7, 11) is 0. The number of rotatable bonds is 5. The number of hydrogen-bond donors (Lipinski definition) is 1. The lowest BCUT2D eigenvalue weighted by Gasteiger charge is -2.20. The lowest BCUT2D eigenvalue weighted by atomic mass is 10.0. The maximum atomic E-state index is 14.9. The third-order valence-electron chi connectivity index (χ3n) is 4.84. The molecular formula is C18H16ClF4N5O. The molecule has 1 saturated carbocycles. The largest absolute Gasteiger partial charge is 0.488 e. The molecule has 2 aromatic heterocycles. The Morgan fingerprint density at radius 1 is 1.10 bits per heavy atom. The highest BCUT2D eigenvalue weighted by Gasteiger charge is 2.32. The number of benzene rings is 1. The number of aromatic nitrogens is 4. The standard InChI is InChI=1S/C18H16ClF4N5O/c1-2-29-15-13(22)11(20)9(12(21)14(15)23)10-16(19)27-18-24-7-25-28(18)17(10)26-8-5-3-4-6-8/h7-8,26H,2-6H2,1H3. The monoisotopic (exact) mass is 429 g/mol. The van der Waals surface area contributed by atoms with Gasteiger partial charge in [-0.05, 0) is 19.8 Å². The number of hydrogen-bond acceptors (Lipinski definition) is 5. The Morgan fingerprint density at radius 2 is 1.76 bits per heavy atom. The Bertz CT molecular complexity index is 1060. The summed E-state index contributed by atoms with van der Waals surface area (Å²) in [5, 5.41) is 6.77. The van der Waals surface area contributed by atoms with Gasteiger partial charge in [-0.25, -0.2) is 8.78 Å². The first-order valence-corrected chi connectivity index (χ1v) is 9.46. The van der Waals surface area contributed by atoms with Crippen LogP contribution in [0.1, 0.15) is 32.6 Å². The number of fused-ring (bicyclic) bond motifs is 1. The first kappa shape index (κ1) is 19.7. The summed E-state index contributed by atoms with van der Waals surface area (Å²) < 4.78 is 64.6. The predicted molar refractivity (Wildman–Crippen MR) is 98.1 cm³/mol. The normalized spacial score (nSPS) is 14.7. The molecule has 0 saturated heterocycles. The van der Waals surface area contributed by atoms with Crippen LogP contribution in [0.5, 0.6) is 5.75 Å². The van der Waals surface area contributed by atoms with Crippen LogP contribution in [0.3, 0.4) is 0 Å². The second-order valence-corrected chi connectivity index (χ2v) is 6.97. The number of anilines is 1. The molecule has 0 amide bonds. The second-order valence-electron chi connectivity index (χ2n) is 6.62. The topological polar surface area (TPSA) is 64.3 Å². The maximum absolute atomic E-state index is 14.9. The molecule has 0 atom stereocenters. The van der Waals surface area contributed by atoms with E-state index in [0.29, 0.717) is 0 Å². The fourth-order valence-corrected chi connectivity index (χ4v) is 3.80. The van der Waals surface area contributed by atoms with Crippen molar-refractivity contribution in [3.63, 3.8) is 0 Å². The number of ether oxygens (including phenoxy) is 1. The summed E-state index contributed by atoms with van der Waals surface area (Å²) >= 11 is 6.19. The van der Waals surface area contributed by atoms with Crippen LogP contribution < -0.4 is 10.1 Å². The Kier molecular flexibility index (Phi) is 5.20. The summed E-state index contributed by atoms with van der Waals surface area (Å²) in [6, 6.07) is -0.0249. The first-order chi connectivity index (χ1) is 13.9. The highest BCUT2D eigenvalue weighted by molar-refractivity contribution is 6.33. The van der Waals surface area contributed by atoms with Crippen LogP contribution in [0.2, 0.25) is 5.15 Å². The molecule has 1 aromatic carbocycles. The van der Waals surface area contributed by atoms with Crippen molar-refractivity contribution in [2.45, 2.75) is 38.6 Å². The zero-order valence-corrected chi connectivity index (χ0v) is 16.0. The Labute approximate surface area is 167 Å². The van der Waals surface area contributed by atoms with Gasteiger partial charge in [-0.15, -0.1) is 0 Å². The van der Waals surface area contributed by atoms with Crippen LogP contribution in [0.4, 0.5) is 23.4 Å². The van der Waals surface area contributed by atoms with Gasteiger partial charge in [-0.1, -0.05) is 24.4 Å². The van der Waals surface area contributed by atoms with E-state index in [1.165, 1.54) is 17.8 Å². The molecule has 6 nitrogen and oxygen atoms in total. The van der Waals surface area contributed by atoms with Crippen molar-refractivity contribution in [2.24, 2.45) is 0 Å². The van der Waals surface area contributed by atoms with E-state index < -0.39 is 34.6 Å². The molecule has 3 aromatic rings. The zero-order chi connectivity index (χ0) is 20.7. The summed E-state index contributed by atoms with van der Waals surface area (Å²) in [4.78, 5) is 7.88. The lowest BCUT2D eigenvalue weighted by Crippen LogP contribution is -2.19. The number of nitrogens with one attached hydrogen (secondary N) is 1. The van der Waals surface area contributed by atoms with Gasteiger partial charge in [0.2, 0.25) is 11.6 Å². The molecule has 0 bridgehead atoms. The van der Waals surface area contributed by atoms with Gasteiger partial charge < -0.3 is 10.1 Å². The molecule has 154 valence electrons. The van der Waals surface area contributed by atoms with Gasteiger partial charge in [-0.3, -0.25) is 0 Å². The van der Waals surface area contributed by atoms with Crippen molar-refractivity contribution in [1.82, 2.24) is 19.6 Å². The third kappa shape index (κ3) is 3.25. The molecule has 0 aliphatic heterocycles. The SMILES string of the molecule is CCOc1c(F)c(F)c(-c2c(Cl)nc3ncnn3c2NC2CCCC2)c(F)c1F. The van der Waals surface area contributed by atoms with Crippen LogP contribution in [-0.2, 0) is 0 Å². The maximum Gasteiger partial charge on any atom is 0.255 e. The zero-order valence-electron chi connectivity index (χ0n) is 15.3. The fourth-order valence-electron chi connectivity index (χ4n) is 3.54. The first-order valence-electron chi connectivity index (χ1n) is 9.08. The minimum atomic E-state index is -1.65. The quantitative estimate of drug-likeness (QED) is 0.360. The molecule has 4 rings (SSSR count). The molecule has 11 heteroatoms. The third-order valence-corrected chi connectivity index (χ3v) is 5.11. The van der Waals surface area contributed by atoms with Crippen molar-refractivity contribution < 1.29 is 22.3 Å². The molecule has 0 radical (unpaired) electrons. The van der Waals surface area contributed by atoms with Gasteiger partial charge in [-0.2, -0.15) is 28.4 Å². The van der Waals surface area contributed by atoms with E-state index in [-0.39, 0.29) is 35.0 Å². The fraction of sp³-hybridized carbons (Fsp3) is 0.389. The molecule has 1 aliphatic rings. The van der Waals surface area contributed by atoms with E-state index in [4.69, 9.17) is 16.3 Å². The molecule has 2 heterocycles. The van der Waals surface area contributed by atoms with E-state index in [0.717, 1.165) is 25.7 Å². The van der Waals surface area contributed by atoms with Gasteiger partial charge in [0, 0.05) is 6.04 Å². The summed E-state index contributed by atoms with van der Waals surface area (Å²) in [6.07, 6.45) is 4.76. The minimum absolute atomic E-state index is 0.0249. The molecule has 0 spiro atoms. The van der Waals surface area contributed by atoms with Gasteiger partial charge >= 0.3 is 0 Å². The smallest absolute Gasteiger partial charge is 0.255 e. The Morgan fingerprint density at radius 3 is 2.38 bits per heavy atom. The van der Waals surface area contributed by atoms with Crippen LogP contribution in [0, 0.1) is 23.3 Å². The molecule has 29 heavy (non-hydrogen) atoms. The summed E-state index contributed by atoms with van der Waals surface area (Å²) in [5.74, 6) is -7.56. The highest BCUT2D eigenvalue weighted by Crippen LogP contribution is 2.42. The molecule has 1 aliphatic carbocycles. The van der Waals surface area contributed by atoms with E-state index in [9.17, 15) is 17.6 Å². The van der Waals surface area contributed by atoms with E-state index in [2.05, 4.69) is 20.4 Å². The summed E-state index contributed by atoms with van der Waals surface area (Å²) in [6.45, 7) is 1.26. The molecule has 1 N–H and O–H groups in total. The van der Waals surface area contributed by atoms with E-state index in [1.807, 2.05) is 0 Å². The Hall–Kier alpha value is -2.62. The highest BCUT2D eigenvalue weighted by atomic mass is 35.5. The van der Waals surface area contributed by atoms with Crippen molar-refractivity contribution in [1.29, 1.82) is 0 Å². The van der Waals surface area contributed by atoms with E-state index in [1.54, 1.807) is 0 Å². The van der Waals surface area contributed by atoms with Gasteiger partial charge in [0.05, 0.1) is 17.7 Å². The van der Waals surface area contributed by atoms with Gasteiger partial charge in [0.1, 0.15) is 17.3 Å². The average Bonchev–Trinajstić information content (AvgIpc) is 3.37. The van der Waals surface area contributed by atoms with Crippen LogP contribution in [0.25, 0.3) is 16.9 Å². The molecule has 0 unspecified atom stereocenters.